The lowest BCUT2D eigenvalue weighted by Gasteiger charge is -2.34. The zero-order valence-electron chi connectivity index (χ0n) is 14.7. The van der Waals surface area contributed by atoms with Gasteiger partial charge in [-0.15, -0.1) is 0 Å². The predicted molar refractivity (Wildman–Crippen MR) is 95.9 cm³/mol. The van der Waals surface area contributed by atoms with E-state index in [0.717, 1.165) is 22.3 Å². The van der Waals surface area contributed by atoms with E-state index in [1.165, 1.54) is 0 Å². The Bertz CT molecular complexity index is 717. The molecule has 0 aliphatic carbocycles. The lowest BCUT2D eigenvalue weighted by molar-refractivity contribution is 0.0869. The van der Waals surface area contributed by atoms with Gasteiger partial charge < -0.3 is 25.0 Å². The van der Waals surface area contributed by atoms with Crippen LogP contribution in [0.2, 0.25) is 0 Å². The lowest BCUT2D eigenvalue weighted by atomic mass is 9.86. The van der Waals surface area contributed by atoms with E-state index >= 15 is 0 Å². The molecule has 0 unspecified atom stereocenters. The summed E-state index contributed by atoms with van der Waals surface area (Å²) in [6, 6.07) is 11.7. The molecule has 0 saturated carbocycles. The lowest BCUT2D eigenvalue weighted by Crippen LogP contribution is -2.43. The van der Waals surface area contributed by atoms with Crippen LogP contribution in [-0.4, -0.2) is 36.6 Å². The van der Waals surface area contributed by atoms with E-state index in [4.69, 9.17) is 9.47 Å². The Kier molecular flexibility index (Phi) is 5.58. The summed E-state index contributed by atoms with van der Waals surface area (Å²) in [5.74, 6) is 0.636. The number of aliphatic hydroxyl groups is 1. The molecule has 3 N–H and O–H groups in total. The molecule has 25 heavy (non-hydrogen) atoms. The third-order valence-electron chi connectivity index (χ3n) is 4.71. The minimum Gasteiger partial charge on any atom is -0.504 e. The Morgan fingerprint density at radius 2 is 2.00 bits per heavy atom. The molecule has 3 rings (SSSR count). The highest BCUT2D eigenvalue weighted by Gasteiger charge is 2.30. The van der Waals surface area contributed by atoms with Gasteiger partial charge in [-0.1, -0.05) is 30.3 Å². The molecular formula is C20H25NO4. The number of rotatable bonds is 6. The maximum absolute atomic E-state index is 10.2. The van der Waals surface area contributed by atoms with Crippen molar-refractivity contribution in [3.63, 3.8) is 0 Å². The number of fused-ring (bicyclic) bond motifs is 1. The minimum atomic E-state index is -0.0564. The van der Waals surface area contributed by atoms with Gasteiger partial charge >= 0.3 is 0 Å². The Labute approximate surface area is 148 Å². The van der Waals surface area contributed by atoms with Crippen LogP contribution in [-0.2, 0) is 17.8 Å². The summed E-state index contributed by atoms with van der Waals surface area (Å²) in [5.41, 5.74) is 4.15. The first-order valence-electron chi connectivity index (χ1n) is 8.52. The average Bonchev–Trinajstić information content (AvgIpc) is 2.62. The smallest absolute Gasteiger partial charge is 0.163 e. The number of hydrogen-bond donors (Lipinski definition) is 3. The molecule has 5 nitrogen and oxygen atoms in total. The quantitative estimate of drug-likeness (QED) is 0.752. The Balaban J connectivity index is 1.82. The first kappa shape index (κ1) is 17.7. The van der Waals surface area contributed by atoms with Crippen molar-refractivity contribution in [3.05, 3.63) is 58.7 Å². The van der Waals surface area contributed by atoms with Crippen LogP contribution < -0.4 is 10.1 Å². The molecule has 1 aliphatic rings. The molecule has 0 amide bonds. The molecule has 2 aromatic carbocycles. The highest BCUT2D eigenvalue weighted by Crippen LogP contribution is 2.39. The van der Waals surface area contributed by atoms with Crippen LogP contribution in [0.4, 0.5) is 0 Å². The minimum absolute atomic E-state index is 0.0421. The third kappa shape index (κ3) is 3.79. The van der Waals surface area contributed by atoms with Crippen molar-refractivity contribution in [1.82, 2.24) is 5.32 Å². The van der Waals surface area contributed by atoms with Crippen molar-refractivity contribution in [2.75, 3.05) is 20.3 Å². The summed E-state index contributed by atoms with van der Waals surface area (Å²) in [4.78, 5) is 0. The first-order valence-corrected chi connectivity index (χ1v) is 8.52. The molecule has 0 aromatic heterocycles. The summed E-state index contributed by atoms with van der Waals surface area (Å²) in [6.45, 7) is 3.00. The molecule has 5 heteroatoms. The maximum Gasteiger partial charge on any atom is 0.163 e. The molecule has 0 saturated heterocycles. The second-order valence-corrected chi connectivity index (χ2v) is 6.43. The summed E-state index contributed by atoms with van der Waals surface area (Å²) < 4.78 is 11.3. The van der Waals surface area contributed by atoms with E-state index < -0.39 is 0 Å². The number of ether oxygens (including phenoxy) is 2. The Hall–Kier alpha value is -2.08. The van der Waals surface area contributed by atoms with Crippen LogP contribution in [0.25, 0.3) is 0 Å². The number of phenols is 1. The van der Waals surface area contributed by atoms with Crippen LogP contribution in [0.5, 0.6) is 11.5 Å². The van der Waals surface area contributed by atoms with Crippen LogP contribution in [0, 0.1) is 6.92 Å². The molecule has 0 fully saturated rings. The Morgan fingerprint density at radius 3 is 2.68 bits per heavy atom. The third-order valence-corrected chi connectivity index (χ3v) is 4.71. The van der Waals surface area contributed by atoms with Crippen LogP contribution >= 0.6 is 0 Å². The van der Waals surface area contributed by atoms with Crippen molar-refractivity contribution < 1.29 is 19.7 Å². The molecule has 0 spiro atoms. The van der Waals surface area contributed by atoms with E-state index in [0.29, 0.717) is 25.4 Å². The van der Waals surface area contributed by atoms with Crippen molar-refractivity contribution in [1.29, 1.82) is 0 Å². The maximum atomic E-state index is 10.2. The number of benzene rings is 2. The number of methoxy groups -OCH3 is 1. The van der Waals surface area contributed by atoms with Gasteiger partial charge in [-0.25, -0.2) is 0 Å². The summed E-state index contributed by atoms with van der Waals surface area (Å²) >= 11 is 0. The number of hydrogen-bond acceptors (Lipinski definition) is 5. The van der Waals surface area contributed by atoms with Gasteiger partial charge in [0.1, 0.15) is 0 Å². The van der Waals surface area contributed by atoms with Gasteiger partial charge in [0.25, 0.3) is 0 Å². The fraction of sp³-hybridized carbons (Fsp3) is 0.400. The number of phenolic OH excluding ortho intramolecular Hbond substituents is 1. The average molecular weight is 343 g/mol. The SMILES string of the molecule is COc1c(O)cc2c(c1C)[C@H](COCc1ccccc1)N[C@H](CO)C2. The van der Waals surface area contributed by atoms with Crippen LogP contribution in [0.15, 0.2) is 36.4 Å². The normalized spacial score (nSPS) is 19.5. The van der Waals surface area contributed by atoms with Gasteiger partial charge in [0, 0.05) is 11.6 Å². The van der Waals surface area contributed by atoms with Crippen molar-refractivity contribution in [3.8, 4) is 11.5 Å². The van der Waals surface area contributed by atoms with Crippen LogP contribution in [0.1, 0.15) is 28.3 Å². The first-order chi connectivity index (χ1) is 12.1. The van der Waals surface area contributed by atoms with Gasteiger partial charge in [0.15, 0.2) is 11.5 Å². The number of nitrogens with one attached hydrogen (secondary N) is 1. The molecule has 1 heterocycles. The second-order valence-electron chi connectivity index (χ2n) is 6.43. The summed E-state index contributed by atoms with van der Waals surface area (Å²) in [7, 11) is 1.56. The van der Waals surface area contributed by atoms with E-state index in [-0.39, 0.29) is 24.4 Å². The summed E-state index contributed by atoms with van der Waals surface area (Å²) in [6.07, 6.45) is 0.666. The molecule has 2 aromatic rings. The molecule has 134 valence electrons. The van der Waals surface area contributed by atoms with Crippen molar-refractivity contribution in [2.24, 2.45) is 0 Å². The number of aliphatic hydroxyl groups excluding tert-OH is 1. The van der Waals surface area contributed by atoms with Gasteiger partial charge in [-0.05, 0) is 36.1 Å². The Morgan fingerprint density at radius 1 is 1.24 bits per heavy atom. The van der Waals surface area contributed by atoms with E-state index in [1.54, 1.807) is 13.2 Å². The largest absolute Gasteiger partial charge is 0.504 e. The van der Waals surface area contributed by atoms with Crippen molar-refractivity contribution >= 4 is 0 Å². The van der Waals surface area contributed by atoms with Crippen molar-refractivity contribution in [2.45, 2.75) is 32.0 Å². The van der Waals surface area contributed by atoms with Gasteiger partial charge in [0.05, 0.1) is 33.0 Å². The predicted octanol–water partition coefficient (Wildman–Crippen LogP) is 2.47. The van der Waals surface area contributed by atoms with Gasteiger partial charge in [-0.2, -0.15) is 0 Å². The highest BCUT2D eigenvalue weighted by molar-refractivity contribution is 5.55. The molecule has 0 radical (unpaired) electrons. The molecular weight excluding hydrogens is 318 g/mol. The topological polar surface area (TPSA) is 71.0 Å². The molecule has 0 bridgehead atoms. The second kappa shape index (κ2) is 7.87. The zero-order valence-corrected chi connectivity index (χ0v) is 14.7. The molecule has 2 atom stereocenters. The van der Waals surface area contributed by atoms with E-state index in [1.807, 2.05) is 37.3 Å². The fourth-order valence-electron chi connectivity index (χ4n) is 3.59. The highest BCUT2D eigenvalue weighted by atomic mass is 16.5. The summed E-state index contributed by atoms with van der Waals surface area (Å²) in [5, 5.41) is 23.2. The number of aromatic hydroxyl groups is 1. The zero-order chi connectivity index (χ0) is 17.8. The fourth-order valence-corrected chi connectivity index (χ4v) is 3.59. The standard InChI is InChI=1S/C20H25NO4/c1-13-19-15(9-18(23)20(13)24-2)8-16(10-22)21-17(19)12-25-11-14-6-4-3-5-7-14/h3-7,9,16-17,21-23H,8,10-12H2,1-2H3/t16-,17-/m0/s1. The van der Waals surface area contributed by atoms with Gasteiger partial charge in [-0.3, -0.25) is 0 Å². The monoisotopic (exact) mass is 343 g/mol. The van der Waals surface area contributed by atoms with Gasteiger partial charge in [0.2, 0.25) is 0 Å². The van der Waals surface area contributed by atoms with E-state index in [9.17, 15) is 10.2 Å². The van der Waals surface area contributed by atoms with E-state index in [2.05, 4.69) is 5.32 Å². The molecule has 1 aliphatic heterocycles. The van der Waals surface area contributed by atoms with Crippen LogP contribution in [0.3, 0.4) is 0 Å².